The lowest BCUT2D eigenvalue weighted by Crippen LogP contribution is -2.25. The van der Waals surface area contributed by atoms with E-state index >= 15 is 0 Å². The molecular formula is C13H18O3. The molecule has 16 heavy (non-hydrogen) atoms. The summed E-state index contributed by atoms with van der Waals surface area (Å²) < 4.78 is 11.3. The molecule has 1 N–H and O–H groups in total. The summed E-state index contributed by atoms with van der Waals surface area (Å²) in [6.07, 6.45) is 2.36. The van der Waals surface area contributed by atoms with Gasteiger partial charge in [0.2, 0.25) is 0 Å². The van der Waals surface area contributed by atoms with Gasteiger partial charge in [-0.3, -0.25) is 0 Å². The molecule has 2 rings (SSSR count). The van der Waals surface area contributed by atoms with Crippen molar-refractivity contribution in [2.24, 2.45) is 0 Å². The van der Waals surface area contributed by atoms with Gasteiger partial charge in [0, 0.05) is 0 Å². The molecule has 1 aromatic rings. The van der Waals surface area contributed by atoms with Gasteiger partial charge in [0.15, 0.2) is 11.5 Å². The fourth-order valence-corrected chi connectivity index (χ4v) is 2.03. The molecule has 88 valence electrons. The van der Waals surface area contributed by atoms with E-state index in [4.69, 9.17) is 9.47 Å². The standard InChI is InChI=1S/C13H18O3/c1-2-15-12-7-3-4-8-13(12)16-11-9-5-6-10(11)14/h3-4,7-8,10-11,14H,2,5-6,9H2,1H3. The first kappa shape index (κ1) is 11.3. The van der Waals surface area contributed by atoms with Crippen LogP contribution in [0.25, 0.3) is 0 Å². The molecule has 2 atom stereocenters. The van der Waals surface area contributed by atoms with Crippen LogP contribution in [0.2, 0.25) is 0 Å². The molecule has 0 heterocycles. The van der Waals surface area contributed by atoms with E-state index in [1.807, 2.05) is 31.2 Å². The van der Waals surface area contributed by atoms with Crippen molar-refractivity contribution in [3.05, 3.63) is 24.3 Å². The zero-order chi connectivity index (χ0) is 11.4. The first-order valence-electron chi connectivity index (χ1n) is 5.88. The third kappa shape index (κ3) is 2.47. The summed E-state index contributed by atoms with van der Waals surface area (Å²) >= 11 is 0. The highest BCUT2D eigenvalue weighted by atomic mass is 16.5. The molecule has 0 bridgehead atoms. The van der Waals surface area contributed by atoms with Crippen LogP contribution in [0.5, 0.6) is 11.5 Å². The predicted molar refractivity (Wildman–Crippen MR) is 61.9 cm³/mol. The van der Waals surface area contributed by atoms with Crippen LogP contribution in [0.1, 0.15) is 26.2 Å². The van der Waals surface area contributed by atoms with Gasteiger partial charge in [-0.15, -0.1) is 0 Å². The highest BCUT2D eigenvalue weighted by Gasteiger charge is 2.27. The summed E-state index contributed by atoms with van der Waals surface area (Å²) in [6.45, 7) is 2.56. The SMILES string of the molecule is CCOc1ccccc1OC1CCCC1O. The Labute approximate surface area is 96.0 Å². The molecule has 1 aromatic carbocycles. The van der Waals surface area contributed by atoms with E-state index in [0.29, 0.717) is 6.61 Å². The van der Waals surface area contributed by atoms with Gasteiger partial charge in [-0.2, -0.15) is 0 Å². The van der Waals surface area contributed by atoms with Crippen molar-refractivity contribution in [1.29, 1.82) is 0 Å². The van der Waals surface area contributed by atoms with E-state index < -0.39 is 0 Å². The Bertz CT molecular complexity index is 338. The monoisotopic (exact) mass is 222 g/mol. The molecule has 1 aliphatic rings. The van der Waals surface area contributed by atoms with Gasteiger partial charge < -0.3 is 14.6 Å². The number of aliphatic hydroxyl groups is 1. The van der Waals surface area contributed by atoms with Crippen LogP contribution >= 0.6 is 0 Å². The average molecular weight is 222 g/mol. The molecule has 1 aliphatic carbocycles. The van der Waals surface area contributed by atoms with E-state index in [1.54, 1.807) is 0 Å². The number of ether oxygens (including phenoxy) is 2. The number of hydrogen-bond donors (Lipinski definition) is 1. The number of rotatable bonds is 4. The Balaban J connectivity index is 2.07. The predicted octanol–water partition coefficient (Wildman–Crippen LogP) is 2.38. The summed E-state index contributed by atoms with van der Waals surface area (Å²) in [5.74, 6) is 1.49. The second-order valence-electron chi connectivity index (χ2n) is 4.03. The largest absolute Gasteiger partial charge is 0.490 e. The van der Waals surface area contributed by atoms with Gasteiger partial charge in [-0.05, 0) is 38.3 Å². The maximum absolute atomic E-state index is 9.71. The molecule has 1 fully saturated rings. The molecule has 3 heteroatoms. The Hall–Kier alpha value is -1.22. The van der Waals surface area contributed by atoms with Crippen LogP contribution in [0.4, 0.5) is 0 Å². The summed E-state index contributed by atoms with van der Waals surface area (Å²) in [7, 11) is 0. The molecular weight excluding hydrogens is 204 g/mol. The Morgan fingerprint density at radius 3 is 2.62 bits per heavy atom. The molecule has 2 unspecified atom stereocenters. The minimum atomic E-state index is -0.338. The first-order chi connectivity index (χ1) is 7.81. The van der Waals surface area contributed by atoms with Gasteiger partial charge in [0.05, 0.1) is 12.7 Å². The lowest BCUT2D eigenvalue weighted by molar-refractivity contribution is 0.0582. The lowest BCUT2D eigenvalue weighted by atomic mass is 10.2. The van der Waals surface area contributed by atoms with Gasteiger partial charge in [0.25, 0.3) is 0 Å². The van der Waals surface area contributed by atoms with Crippen LogP contribution in [-0.2, 0) is 0 Å². The van der Waals surface area contributed by atoms with Crippen molar-refractivity contribution in [1.82, 2.24) is 0 Å². The third-order valence-electron chi connectivity index (χ3n) is 2.85. The Kier molecular flexibility index (Phi) is 3.67. The normalized spacial score (nSPS) is 24.4. The van der Waals surface area contributed by atoms with Crippen molar-refractivity contribution in [2.75, 3.05) is 6.61 Å². The molecule has 0 radical (unpaired) electrons. The van der Waals surface area contributed by atoms with Crippen LogP contribution in [0, 0.1) is 0 Å². The highest BCUT2D eigenvalue weighted by Crippen LogP contribution is 2.31. The van der Waals surface area contributed by atoms with Gasteiger partial charge in [-0.1, -0.05) is 12.1 Å². The summed E-state index contributed by atoms with van der Waals surface area (Å²) in [5.41, 5.74) is 0. The van der Waals surface area contributed by atoms with Crippen LogP contribution in [0.15, 0.2) is 24.3 Å². The van der Waals surface area contributed by atoms with Crippen molar-refractivity contribution in [2.45, 2.75) is 38.4 Å². The van der Waals surface area contributed by atoms with Crippen LogP contribution in [-0.4, -0.2) is 23.9 Å². The summed E-state index contributed by atoms with van der Waals surface area (Å²) in [5, 5.41) is 9.71. The van der Waals surface area contributed by atoms with E-state index in [2.05, 4.69) is 0 Å². The number of benzene rings is 1. The zero-order valence-corrected chi connectivity index (χ0v) is 9.56. The molecule has 0 aliphatic heterocycles. The van der Waals surface area contributed by atoms with Crippen molar-refractivity contribution in [3.8, 4) is 11.5 Å². The maximum Gasteiger partial charge on any atom is 0.161 e. The summed E-state index contributed by atoms with van der Waals surface area (Å²) in [4.78, 5) is 0. The smallest absolute Gasteiger partial charge is 0.161 e. The van der Waals surface area contributed by atoms with Crippen molar-refractivity contribution < 1.29 is 14.6 Å². The quantitative estimate of drug-likeness (QED) is 0.850. The van der Waals surface area contributed by atoms with E-state index in [9.17, 15) is 5.11 Å². The highest BCUT2D eigenvalue weighted by molar-refractivity contribution is 5.39. The molecule has 0 amide bonds. The minimum Gasteiger partial charge on any atom is -0.490 e. The van der Waals surface area contributed by atoms with E-state index in [0.717, 1.165) is 30.8 Å². The second-order valence-corrected chi connectivity index (χ2v) is 4.03. The fraction of sp³-hybridized carbons (Fsp3) is 0.538. The number of aliphatic hydroxyl groups excluding tert-OH is 1. The van der Waals surface area contributed by atoms with Gasteiger partial charge in [0.1, 0.15) is 6.10 Å². The molecule has 0 aromatic heterocycles. The van der Waals surface area contributed by atoms with Crippen molar-refractivity contribution in [3.63, 3.8) is 0 Å². The summed E-state index contributed by atoms with van der Waals surface area (Å²) in [6, 6.07) is 7.61. The van der Waals surface area contributed by atoms with Crippen LogP contribution in [0.3, 0.4) is 0 Å². The number of para-hydroxylation sites is 2. The molecule has 1 saturated carbocycles. The van der Waals surface area contributed by atoms with E-state index in [1.165, 1.54) is 0 Å². The molecule has 0 saturated heterocycles. The zero-order valence-electron chi connectivity index (χ0n) is 9.56. The Morgan fingerprint density at radius 2 is 2.00 bits per heavy atom. The maximum atomic E-state index is 9.71. The van der Waals surface area contributed by atoms with Crippen LogP contribution < -0.4 is 9.47 Å². The molecule has 3 nitrogen and oxygen atoms in total. The van der Waals surface area contributed by atoms with Gasteiger partial charge in [-0.25, -0.2) is 0 Å². The average Bonchev–Trinajstić information content (AvgIpc) is 2.68. The minimum absolute atomic E-state index is 0.0818. The van der Waals surface area contributed by atoms with Crippen molar-refractivity contribution >= 4 is 0 Å². The van der Waals surface area contributed by atoms with Gasteiger partial charge >= 0.3 is 0 Å². The lowest BCUT2D eigenvalue weighted by Gasteiger charge is -2.19. The second kappa shape index (κ2) is 5.21. The molecule has 0 spiro atoms. The Morgan fingerprint density at radius 1 is 1.25 bits per heavy atom. The number of hydrogen-bond acceptors (Lipinski definition) is 3. The third-order valence-corrected chi connectivity index (χ3v) is 2.85. The topological polar surface area (TPSA) is 38.7 Å². The van der Waals surface area contributed by atoms with E-state index in [-0.39, 0.29) is 12.2 Å². The first-order valence-corrected chi connectivity index (χ1v) is 5.88. The fourth-order valence-electron chi connectivity index (χ4n) is 2.03.